The van der Waals surface area contributed by atoms with Gasteiger partial charge in [-0.15, -0.1) is 0 Å². The fourth-order valence-corrected chi connectivity index (χ4v) is 1.16. The zero-order valence-corrected chi connectivity index (χ0v) is 9.09. The van der Waals surface area contributed by atoms with Gasteiger partial charge in [-0.25, -0.2) is 4.39 Å². The number of carbonyl (C=O) groups is 1. The Balaban J connectivity index is 2.85. The molecule has 5 N–H and O–H groups in total. The summed E-state index contributed by atoms with van der Waals surface area (Å²) < 4.78 is 50.4. The van der Waals surface area contributed by atoms with Gasteiger partial charge in [0.05, 0.1) is 11.3 Å². The third-order valence-corrected chi connectivity index (χ3v) is 2.17. The Morgan fingerprint density at radius 3 is 2.50 bits per heavy atom. The van der Waals surface area contributed by atoms with Crippen molar-refractivity contribution in [3.8, 4) is 0 Å². The highest BCUT2D eigenvalue weighted by Crippen LogP contribution is 2.31. The van der Waals surface area contributed by atoms with Crippen molar-refractivity contribution in [3.05, 3.63) is 29.6 Å². The number of hydrogen-bond donors (Lipinski definition) is 3. The lowest BCUT2D eigenvalue weighted by Crippen LogP contribution is -2.41. The molecule has 8 heteroatoms. The molecule has 1 unspecified atom stereocenters. The SMILES string of the molecule is NC(=O)C(N)CNc1cc(C(F)(F)F)ccc1F. The molecule has 1 atom stereocenters. The molecule has 1 aromatic rings. The van der Waals surface area contributed by atoms with Crippen LogP contribution in [0.1, 0.15) is 5.56 Å². The number of carbonyl (C=O) groups excluding carboxylic acids is 1. The third kappa shape index (κ3) is 3.59. The zero-order chi connectivity index (χ0) is 13.9. The van der Waals surface area contributed by atoms with E-state index in [-0.39, 0.29) is 12.2 Å². The van der Waals surface area contributed by atoms with Crippen LogP contribution >= 0.6 is 0 Å². The second kappa shape index (κ2) is 5.21. The van der Waals surface area contributed by atoms with E-state index in [4.69, 9.17) is 11.5 Å². The number of rotatable bonds is 4. The van der Waals surface area contributed by atoms with E-state index in [1.165, 1.54) is 0 Å². The van der Waals surface area contributed by atoms with Crippen LogP contribution in [0.2, 0.25) is 0 Å². The fraction of sp³-hybridized carbons (Fsp3) is 0.300. The first kappa shape index (κ1) is 14.2. The summed E-state index contributed by atoms with van der Waals surface area (Å²) in [6.45, 7) is -0.256. The van der Waals surface area contributed by atoms with Crippen LogP contribution < -0.4 is 16.8 Å². The van der Waals surface area contributed by atoms with E-state index >= 15 is 0 Å². The van der Waals surface area contributed by atoms with E-state index in [2.05, 4.69) is 5.32 Å². The second-order valence-electron chi connectivity index (χ2n) is 3.58. The molecule has 1 aromatic carbocycles. The molecule has 0 aliphatic carbocycles. The van der Waals surface area contributed by atoms with Gasteiger partial charge in [-0.3, -0.25) is 4.79 Å². The van der Waals surface area contributed by atoms with Gasteiger partial charge in [0.1, 0.15) is 11.9 Å². The summed E-state index contributed by atoms with van der Waals surface area (Å²) in [5.41, 5.74) is 8.73. The standard InChI is InChI=1S/C10H11F4N3O/c11-6-2-1-5(10(12,13)14)3-8(6)17-4-7(15)9(16)18/h1-3,7,17H,4,15H2,(H2,16,18). The van der Waals surface area contributed by atoms with Crippen molar-refractivity contribution in [2.75, 3.05) is 11.9 Å². The molecule has 0 spiro atoms. The molecule has 0 bridgehead atoms. The highest BCUT2D eigenvalue weighted by molar-refractivity contribution is 5.80. The number of hydrogen-bond acceptors (Lipinski definition) is 3. The van der Waals surface area contributed by atoms with Crippen molar-refractivity contribution in [2.24, 2.45) is 11.5 Å². The molecule has 0 radical (unpaired) electrons. The first-order valence-corrected chi connectivity index (χ1v) is 4.87. The molecule has 0 saturated carbocycles. The largest absolute Gasteiger partial charge is 0.416 e. The van der Waals surface area contributed by atoms with Crippen LogP contribution in [0.5, 0.6) is 0 Å². The minimum Gasteiger partial charge on any atom is -0.381 e. The molecule has 0 aliphatic rings. The number of nitrogens with two attached hydrogens (primary N) is 2. The van der Waals surface area contributed by atoms with Gasteiger partial charge in [0.25, 0.3) is 0 Å². The summed E-state index contributed by atoms with van der Waals surface area (Å²) >= 11 is 0. The van der Waals surface area contributed by atoms with Crippen LogP contribution in [-0.2, 0) is 11.0 Å². The average molecular weight is 265 g/mol. The number of alkyl halides is 3. The highest BCUT2D eigenvalue weighted by Gasteiger charge is 2.31. The Kier molecular flexibility index (Phi) is 4.12. The van der Waals surface area contributed by atoms with Gasteiger partial charge in [0.15, 0.2) is 0 Å². The Hall–Kier alpha value is -1.83. The van der Waals surface area contributed by atoms with E-state index in [0.29, 0.717) is 18.2 Å². The smallest absolute Gasteiger partial charge is 0.381 e. The summed E-state index contributed by atoms with van der Waals surface area (Å²) in [6, 6.07) is 0.789. The number of anilines is 1. The number of amides is 1. The lowest BCUT2D eigenvalue weighted by Gasteiger charge is -2.13. The van der Waals surface area contributed by atoms with Crippen LogP contribution in [0.4, 0.5) is 23.2 Å². The Morgan fingerprint density at radius 1 is 1.39 bits per heavy atom. The number of benzene rings is 1. The maximum atomic E-state index is 13.2. The monoisotopic (exact) mass is 265 g/mol. The molecule has 1 amide bonds. The molecule has 0 heterocycles. The van der Waals surface area contributed by atoms with Crippen molar-refractivity contribution < 1.29 is 22.4 Å². The summed E-state index contributed by atoms with van der Waals surface area (Å²) in [4.78, 5) is 10.6. The van der Waals surface area contributed by atoms with Crippen LogP contribution in [0, 0.1) is 5.82 Å². The third-order valence-electron chi connectivity index (χ3n) is 2.17. The van der Waals surface area contributed by atoms with Gasteiger partial charge in [0.2, 0.25) is 5.91 Å². The predicted octanol–water partition coefficient (Wildman–Crippen LogP) is 1.07. The van der Waals surface area contributed by atoms with E-state index in [1.54, 1.807) is 0 Å². The second-order valence-corrected chi connectivity index (χ2v) is 3.58. The lowest BCUT2D eigenvalue weighted by molar-refractivity contribution is -0.137. The topological polar surface area (TPSA) is 81.1 Å². The summed E-state index contributed by atoms with van der Waals surface area (Å²) in [6.07, 6.45) is -4.57. The van der Waals surface area contributed by atoms with Gasteiger partial charge in [0, 0.05) is 6.54 Å². The number of primary amides is 1. The van der Waals surface area contributed by atoms with Gasteiger partial charge in [-0.2, -0.15) is 13.2 Å². The highest BCUT2D eigenvalue weighted by atomic mass is 19.4. The maximum Gasteiger partial charge on any atom is 0.416 e. The van der Waals surface area contributed by atoms with E-state index in [1.807, 2.05) is 0 Å². The van der Waals surface area contributed by atoms with Gasteiger partial charge in [-0.05, 0) is 18.2 Å². The minimum absolute atomic E-state index is 0.256. The molecule has 18 heavy (non-hydrogen) atoms. The fourth-order valence-electron chi connectivity index (χ4n) is 1.16. The Labute approximate surface area is 99.9 Å². The number of halogens is 4. The van der Waals surface area contributed by atoms with E-state index < -0.39 is 29.5 Å². The summed E-state index contributed by atoms with van der Waals surface area (Å²) in [7, 11) is 0. The quantitative estimate of drug-likeness (QED) is 0.712. The van der Waals surface area contributed by atoms with Crippen molar-refractivity contribution in [3.63, 3.8) is 0 Å². The molecule has 0 saturated heterocycles. The van der Waals surface area contributed by atoms with E-state index in [9.17, 15) is 22.4 Å². The Morgan fingerprint density at radius 2 is 2.00 bits per heavy atom. The molecule has 0 aliphatic heterocycles. The Bertz CT molecular complexity index is 447. The normalized spacial score (nSPS) is 13.2. The first-order chi connectivity index (χ1) is 8.21. The van der Waals surface area contributed by atoms with Crippen molar-refractivity contribution in [1.82, 2.24) is 0 Å². The summed E-state index contributed by atoms with van der Waals surface area (Å²) in [5, 5.41) is 2.31. The molecule has 0 aromatic heterocycles. The average Bonchev–Trinajstić information content (AvgIpc) is 2.25. The molecule has 100 valence electrons. The lowest BCUT2D eigenvalue weighted by atomic mass is 10.1. The molecular weight excluding hydrogens is 254 g/mol. The van der Waals surface area contributed by atoms with Crippen LogP contribution in [0.3, 0.4) is 0 Å². The molecule has 1 rings (SSSR count). The molecule has 0 fully saturated rings. The number of nitrogens with one attached hydrogen (secondary N) is 1. The summed E-state index contributed by atoms with van der Waals surface area (Å²) in [5.74, 6) is -1.71. The molecular formula is C10H11F4N3O. The van der Waals surface area contributed by atoms with Crippen molar-refractivity contribution in [1.29, 1.82) is 0 Å². The van der Waals surface area contributed by atoms with Gasteiger partial charge < -0.3 is 16.8 Å². The van der Waals surface area contributed by atoms with Gasteiger partial charge in [-0.1, -0.05) is 0 Å². The minimum atomic E-state index is -4.57. The van der Waals surface area contributed by atoms with Crippen LogP contribution in [-0.4, -0.2) is 18.5 Å². The first-order valence-electron chi connectivity index (χ1n) is 4.87. The molecule has 4 nitrogen and oxygen atoms in total. The van der Waals surface area contributed by atoms with Crippen molar-refractivity contribution >= 4 is 11.6 Å². The van der Waals surface area contributed by atoms with Crippen LogP contribution in [0.25, 0.3) is 0 Å². The van der Waals surface area contributed by atoms with Gasteiger partial charge >= 0.3 is 6.18 Å². The van der Waals surface area contributed by atoms with E-state index in [0.717, 1.165) is 0 Å². The predicted molar refractivity (Wildman–Crippen MR) is 57.1 cm³/mol. The van der Waals surface area contributed by atoms with Crippen molar-refractivity contribution in [2.45, 2.75) is 12.2 Å². The zero-order valence-electron chi connectivity index (χ0n) is 9.09. The maximum absolute atomic E-state index is 13.2. The van der Waals surface area contributed by atoms with Crippen LogP contribution in [0.15, 0.2) is 18.2 Å².